The number of hydrogen-bond donors (Lipinski definition) is 2. The van der Waals surface area contributed by atoms with Crippen molar-refractivity contribution in [2.75, 3.05) is 5.43 Å². The maximum atomic E-state index is 10.7. The Morgan fingerprint density at radius 1 is 1.33 bits per heavy atom. The van der Waals surface area contributed by atoms with E-state index < -0.39 is 27.2 Å². The standard InChI is InChI=1S/C8H6N4O6/c13-8(14)4-9-10-6-2-1-5(11(15)16)3-7(6)12(17)18/h1-4,10H,(H,13,14)/b9-4-. The molecule has 0 aliphatic carbocycles. The molecule has 18 heavy (non-hydrogen) atoms. The van der Waals surface area contributed by atoms with E-state index in [9.17, 15) is 25.0 Å². The van der Waals surface area contributed by atoms with Gasteiger partial charge >= 0.3 is 11.7 Å². The van der Waals surface area contributed by atoms with Crippen molar-refractivity contribution in [2.45, 2.75) is 0 Å². The molecular weight excluding hydrogens is 248 g/mol. The number of carbonyl (C=O) groups is 1. The second-order valence-corrected chi connectivity index (χ2v) is 2.92. The number of hydrogen-bond acceptors (Lipinski definition) is 7. The van der Waals surface area contributed by atoms with E-state index in [-0.39, 0.29) is 5.69 Å². The first kappa shape index (κ1) is 13.0. The fourth-order valence-corrected chi connectivity index (χ4v) is 1.04. The Kier molecular flexibility index (Phi) is 3.86. The van der Waals surface area contributed by atoms with Crippen molar-refractivity contribution in [1.82, 2.24) is 0 Å². The van der Waals surface area contributed by atoms with Gasteiger partial charge in [-0.2, -0.15) is 5.10 Å². The predicted octanol–water partition coefficient (Wildman–Crippen LogP) is 0.985. The summed E-state index contributed by atoms with van der Waals surface area (Å²) in [5.41, 5.74) is 0.940. The van der Waals surface area contributed by atoms with Gasteiger partial charge in [0.25, 0.3) is 5.69 Å². The summed E-state index contributed by atoms with van der Waals surface area (Å²) in [5, 5.41) is 32.6. The highest BCUT2D eigenvalue weighted by Gasteiger charge is 2.18. The number of nitro benzene ring substituents is 2. The van der Waals surface area contributed by atoms with Crippen LogP contribution in [-0.2, 0) is 4.79 Å². The van der Waals surface area contributed by atoms with Gasteiger partial charge in [-0.25, -0.2) is 4.79 Å². The molecule has 0 aliphatic rings. The molecule has 0 amide bonds. The second-order valence-electron chi connectivity index (χ2n) is 2.92. The summed E-state index contributed by atoms with van der Waals surface area (Å²) in [4.78, 5) is 29.6. The van der Waals surface area contributed by atoms with Crippen LogP contribution in [-0.4, -0.2) is 27.1 Å². The molecule has 94 valence electrons. The molecule has 0 heterocycles. The number of non-ortho nitro benzene ring substituents is 1. The summed E-state index contributed by atoms with van der Waals surface area (Å²) in [6.07, 6.45) is 0.491. The smallest absolute Gasteiger partial charge is 0.348 e. The van der Waals surface area contributed by atoms with Crippen molar-refractivity contribution in [3.63, 3.8) is 0 Å². The molecular formula is C8H6N4O6. The number of rotatable bonds is 5. The second kappa shape index (κ2) is 5.34. The minimum atomic E-state index is -1.34. The van der Waals surface area contributed by atoms with E-state index >= 15 is 0 Å². The maximum Gasteiger partial charge on any atom is 0.348 e. The highest BCUT2D eigenvalue weighted by molar-refractivity contribution is 6.22. The Hall–Kier alpha value is -3.04. The zero-order valence-corrected chi connectivity index (χ0v) is 8.64. The quantitative estimate of drug-likeness (QED) is 0.452. The molecule has 0 bridgehead atoms. The first-order chi connectivity index (χ1) is 8.41. The number of nitro groups is 2. The fourth-order valence-electron chi connectivity index (χ4n) is 1.04. The molecule has 0 fully saturated rings. The van der Waals surface area contributed by atoms with Gasteiger partial charge in [-0.3, -0.25) is 25.7 Å². The van der Waals surface area contributed by atoms with Crippen LogP contribution in [0.25, 0.3) is 0 Å². The Bertz CT molecular complexity index is 540. The van der Waals surface area contributed by atoms with Crippen molar-refractivity contribution in [3.8, 4) is 0 Å². The van der Waals surface area contributed by atoms with Gasteiger partial charge in [0.05, 0.1) is 15.9 Å². The number of nitrogens with zero attached hydrogens (tertiary/aromatic N) is 3. The van der Waals surface area contributed by atoms with E-state index in [1.807, 2.05) is 0 Å². The molecule has 10 nitrogen and oxygen atoms in total. The first-order valence-electron chi connectivity index (χ1n) is 4.36. The number of benzene rings is 1. The van der Waals surface area contributed by atoms with Crippen molar-refractivity contribution >= 4 is 29.2 Å². The van der Waals surface area contributed by atoms with Crippen molar-refractivity contribution < 1.29 is 19.7 Å². The van der Waals surface area contributed by atoms with Gasteiger partial charge in [0.1, 0.15) is 11.9 Å². The molecule has 1 aromatic carbocycles. The predicted molar refractivity (Wildman–Crippen MR) is 59.5 cm³/mol. The maximum absolute atomic E-state index is 10.7. The number of carboxylic acid groups (broad SMARTS) is 1. The fraction of sp³-hybridized carbons (Fsp3) is 0. The summed E-state index contributed by atoms with van der Waals surface area (Å²) < 4.78 is 0. The molecule has 1 aromatic rings. The summed E-state index contributed by atoms with van der Waals surface area (Å²) in [6.45, 7) is 0. The van der Waals surface area contributed by atoms with Crippen LogP contribution in [0.1, 0.15) is 0 Å². The molecule has 0 atom stereocenters. The summed E-state index contributed by atoms with van der Waals surface area (Å²) in [7, 11) is 0. The first-order valence-corrected chi connectivity index (χ1v) is 4.36. The molecule has 0 saturated carbocycles. The molecule has 0 saturated heterocycles. The van der Waals surface area contributed by atoms with Crippen LogP contribution in [0.5, 0.6) is 0 Å². The van der Waals surface area contributed by atoms with E-state index in [1.54, 1.807) is 0 Å². The van der Waals surface area contributed by atoms with E-state index in [0.717, 1.165) is 18.2 Å². The van der Waals surface area contributed by atoms with Crippen LogP contribution in [0.4, 0.5) is 17.1 Å². The molecule has 0 radical (unpaired) electrons. The molecule has 2 N–H and O–H groups in total. The molecule has 0 spiro atoms. The van der Waals surface area contributed by atoms with E-state index in [0.29, 0.717) is 6.21 Å². The lowest BCUT2D eigenvalue weighted by atomic mass is 10.2. The SMILES string of the molecule is O=C(O)/C=N\Nc1ccc([N+](=O)[O-])cc1[N+](=O)[O-]. The van der Waals surface area contributed by atoms with Gasteiger partial charge in [-0.05, 0) is 6.07 Å². The third-order valence-corrected chi connectivity index (χ3v) is 1.75. The zero-order chi connectivity index (χ0) is 13.7. The normalized spacial score (nSPS) is 10.2. The third kappa shape index (κ3) is 3.23. The van der Waals surface area contributed by atoms with E-state index in [2.05, 4.69) is 10.5 Å². The molecule has 10 heteroatoms. The number of aliphatic carboxylic acids is 1. The highest BCUT2D eigenvalue weighted by atomic mass is 16.6. The van der Waals surface area contributed by atoms with Crippen LogP contribution in [0.3, 0.4) is 0 Å². The van der Waals surface area contributed by atoms with Crippen molar-refractivity contribution in [1.29, 1.82) is 0 Å². The molecule has 1 rings (SSSR count). The Morgan fingerprint density at radius 3 is 2.50 bits per heavy atom. The number of anilines is 1. The summed E-state index contributed by atoms with van der Waals surface area (Å²) in [6, 6.07) is 2.85. The van der Waals surface area contributed by atoms with Gasteiger partial charge in [0, 0.05) is 6.07 Å². The lowest BCUT2D eigenvalue weighted by Gasteiger charge is -2.01. The van der Waals surface area contributed by atoms with E-state index in [4.69, 9.17) is 5.11 Å². The Balaban J connectivity index is 3.08. The average molecular weight is 254 g/mol. The van der Waals surface area contributed by atoms with Crippen LogP contribution in [0.2, 0.25) is 0 Å². The molecule has 0 aromatic heterocycles. The van der Waals surface area contributed by atoms with Crippen LogP contribution in [0.15, 0.2) is 23.3 Å². The van der Waals surface area contributed by atoms with Crippen LogP contribution < -0.4 is 5.43 Å². The van der Waals surface area contributed by atoms with Gasteiger partial charge in [0.2, 0.25) is 0 Å². The summed E-state index contributed by atoms with van der Waals surface area (Å²) >= 11 is 0. The van der Waals surface area contributed by atoms with Crippen molar-refractivity contribution in [3.05, 3.63) is 38.4 Å². The highest BCUT2D eigenvalue weighted by Crippen LogP contribution is 2.28. The summed E-state index contributed by atoms with van der Waals surface area (Å²) in [5.74, 6) is -1.34. The van der Waals surface area contributed by atoms with Gasteiger partial charge in [0.15, 0.2) is 0 Å². The lowest BCUT2D eigenvalue weighted by Crippen LogP contribution is -2.01. The Morgan fingerprint density at radius 2 is 2.00 bits per heavy atom. The van der Waals surface area contributed by atoms with Crippen molar-refractivity contribution in [2.24, 2.45) is 5.10 Å². The monoisotopic (exact) mass is 254 g/mol. The number of hydrazone groups is 1. The third-order valence-electron chi connectivity index (χ3n) is 1.75. The van der Waals surface area contributed by atoms with Crippen LogP contribution in [0, 0.1) is 20.2 Å². The molecule has 0 aliphatic heterocycles. The Labute approximate surface area is 98.8 Å². The number of nitrogens with one attached hydrogen (secondary N) is 1. The van der Waals surface area contributed by atoms with Gasteiger partial charge in [-0.15, -0.1) is 0 Å². The minimum Gasteiger partial charge on any atom is -0.477 e. The topological polar surface area (TPSA) is 148 Å². The zero-order valence-electron chi connectivity index (χ0n) is 8.64. The number of carboxylic acids is 1. The lowest BCUT2D eigenvalue weighted by molar-refractivity contribution is -0.393. The minimum absolute atomic E-state index is 0.150. The van der Waals surface area contributed by atoms with Crippen LogP contribution >= 0.6 is 0 Å². The van der Waals surface area contributed by atoms with Gasteiger partial charge in [-0.1, -0.05) is 0 Å². The largest absolute Gasteiger partial charge is 0.477 e. The average Bonchev–Trinajstić information content (AvgIpc) is 2.28. The molecule has 0 unspecified atom stereocenters. The van der Waals surface area contributed by atoms with Gasteiger partial charge < -0.3 is 5.11 Å². The van der Waals surface area contributed by atoms with E-state index in [1.165, 1.54) is 0 Å².